The number of nitrogens with one attached hydrogen (secondary N) is 1. The van der Waals surface area contributed by atoms with Crippen LogP contribution in [-0.2, 0) is 24.8 Å². The number of fused-ring (bicyclic) bond motifs is 1. The molecule has 1 aliphatic heterocycles. The van der Waals surface area contributed by atoms with Gasteiger partial charge >= 0.3 is 0 Å². The first kappa shape index (κ1) is 17.6. The topological polar surface area (TPSA) is 101 Å². The van der Waals surface area contributed by atoms with Crippen LogP contribution in [0.1, 0.15) is 17.2 Å². The maximum Gasteiger partial charge on any atom is 0.266 e. The Labute approximate surface area is 146 Å². The first-order valence-electron chi connectivity index (χ1n) is 7.35. The highest BCUT2D eigenvalue weighted by molar-refractivity contribution is 7.90. The molecule has 0 saturated heterocycles. The zero-order valence-electron chi connectivity index (χ0n) is 13.5. The standard InChI is InChI=1S/C16H16N2O5S2/c1-11-7-9-12(10-8-11)24(20,21)17-15-13-5-3-4-6-14(13)25(22,23)18(2)16(15)19/h3-10,15,17H,1-2H3. The number of likely N-dealkylation sites (N-methyl/N-ethyl adjacent to an activating group) is 1. The fourth-order valence-corrected chi connectivity index (χ4v) is 5.13. The zero-order chi connectivity index (χ0) is 18.4. The van der Waals surface area contributed by atoms with Crippen molar-refractivity contribution in [1.29, 1.82) is 0 Å². The van der Waals surface area contributed by atoms with Crippen LogP contribution in [0.4, 0.5) is 0 Å². The van der Waals surface area contributed by atoms with Gasteiger partial charge in [0.2, 0.25) is 10.0 Å². The van der Waals surface area contributed by atoms with Crippen LogP contribution in [0.25, 0.3) is 0 Å². The average molecular weight is 380 g/mol. The van der Waals surface area contributed by atoms with Crippen LogP contribution in [0.5, 0.6) is 0 Å². The van der Waals surface area contributed by atoms with E-state index in [0.29, 0.717) is 4.31 Å². The lowest BCUT2D eigenvalue weighted by atomic mass is 10.1. The molecule has 132 valence electrons. The molecule has 0 fully saturated rings. The Morgan fingerprint density at radius 1 is 1.04 bits per heavy atom. The van der Waals surface area contributed by atoms with Crippen molar-refractivity contribution >= 4 is 26.0 Å². The molecule has 1 atom stereocenters. The summed E-state index contributed by atoms with van der Waals surface area (Å²) in [6.07, 6.45) is 0. The molecule has 0 spiro atoms. The molecule has 0 saturated carbocycles. The third-order valence-corrected chi connectivity index (χ3v) is 7.30. The Morgan fingerprint density at radius 2 is 1.64 bits per heavy atom. The van der Waals surface area contributed by atoms with E-state index in [0.717, 1.165) is 12.6 Å². The molecule has 1 unspecified atom stereocenters. The third-order valence-electron chi connectivity index (χ3n) is 4.03. The van der Waals surface area contributed by atoms with E-state index in [9.17, 15) is 21.6 Å². The van der Waals surface area contributed by atoms with Crippen molar-refractivity contribution in [2.45, 2.75) is 22.8 Å². The Kier molecular flexibility index (Phi) is 4.18. The van der Waals surface area contributed by atoms with Gasteiger partial charge in [-0.05, 0) is 25.1 Å². The van der Waals surface area contributed by atoms with E-state index in [2.05, 4.69) is 4.72 Å². The lowest BCUT2D eigenvalue weighted by molar-refractivity contribution is -0.127. The van der Waals surface area contributed by atoms with Gasteiger partial charge in [-0.2, -0.15) is 4.72 Å². The number of benzene rings is 2. The summed E-state index contributed by atoms with van der Waals surface area (Å²) in [5.41, 5.74) is 1.00. The second-order valence-electron chi connectivity index (χ2n) is 5.72. The van der Waals surface area contributed by atoms with Crippen LogP contribution in [0, 0.1) is 6.92 Å². The zero-order valence-corrected chi connectivity index (χ0v) is 15.1. The number of hydrogen-bond acceptors (Lipinski definition) is 5. The predicted molar refractivity (Wildman–Crippen MR) is 90.6 cm³/mol. The van der Waals surface area contributed by atoms with E-state index in [1.807, 2.05) is 6.92 Å². The van der Waals surface area contributed by atoms with Gasteiger partial charge in [0.1, 0.15) is 6.04 Å². The molecule has 0 aromatic heterocycles. The largest absolute Gasteiger partial charge is 0.272 e. The maximum atomic E-state index is 12.6. The van der Waals surface area contributed by atoms with Crippen molar-refractivity contribution < 1.29 is 21.6 Å². The summed E-state index contributed by atoms with van der Waals surface area (Å²) in [5, 5.41) is 0. The number of carbonyl (C=O) groups is 1. The van der Waals surface area contributed by atoms with Gasteiger partial charge < -0.3 is 0 Å². The number of aryl methyl sites for hydroxylation is 1. The number of hydrogen-bond donors (Lipinski definition) is 1. The average Bonchev–Trinajstić information content (AvgIpc) is 2.58. The highest BCUT2D eigenvalue weighted by atomic mass is 32.2. The van der Waals surface area contributed by atoms with Crippen LogP contribution in [-0.4, -0.2) is 34.1 Å². The van der Waals surface area contributed by atoms with Gasteiger partial charge in [0.25, 0.3) is 15.9 Å². The van der Waals surface area contributed by atoms with Gasteiger partial charge in [-0.3, -0.25) is 4.79 Å². The molecule has 0 radical (unpaired) electrons. The summed E-state index contributed by atoms with van der Waals surface area (Å²) in [6, 6.07) is 10.7. The minimum Gasteiger partial charge on any atom is -0.272 e. The van der Waals surface area contributed by atoms with E-state index in [1.54, 1.807) is 18.2 Å². The summed E-state index contributed by atoms with van der Waals surface area (Å²) in [4.78, 5) is 12.4. The number of rotatable bonds is 3. The number of carbonyl (C=O) groups excluding carboxylic acids is 1. The van der Waals surface area contributed by atoms with Crippen molar-refractivity contribution in [3.8, 4) is 0 Å². The Hall–Kier alpha value is -2.23. The molecule has 1 aliphatic rings. The van der Waals surface area contributed by atoms with E-state index in [-0.39, 0.29) is 15.4 Å². The van der Waals surface area contributed by atoms with E-state index in [1.165, 1.54) is 30.3 Å². The molecule has 1 N–H and O–H groups in total. The highest BCUT2D eigenvalue weighted by Crippen LogP contribution is 2.33. The van der Waals surface area contributed by atoms with Crippen LogP contribution < -0.4 is 4.72 Å². The van der Waals surface area contributed by atoms with Crippen LogP contribution in [0.2, 0.25) is 0 Å². The molecule has 25 heavy (non-hydrogen) atoms. The molecule has 0 aliphatic carbocycles. The van der Waals surface area contributed by atoms with Gasteiger partial charge in [0, 0.05) is 12.6 Å². The first-order chi connectivity index (χ1) is 11.6. The van der Waals surface area contributed by atoms with Gasteiger partial charge in [0.05, 0.1) is 9.79 Å². The molecule has 0 bridgehead atoms. The number of amides is 1. The molecule has 3 rings (SSSR count). The highest BCUT2D eigenvalue weighted by Gasteiger charge is 2.42. The van der Waals surface area contributed by atoms with Crippen LogP contribution >= 0.6 is 0 Å². The Bertz CT molecular complexity index is 1040. The van der Waals surface area contributed by atoms with Crippen LogP contribution in [0.3, 0.4) is 0 Å². The minimum atomic E-state index is -4.01. The molecule has 1 amide bonds. The van der Waals surface area contributed by atoms with Crippen molar-refractivity contribution in [1.82, 2.24) is 9.03 Å². The Morgan fingerprint density at radius 3 is 2.28 bits per heavy atom. The summed E-state index contributed by atoms with van der Waals surface area (Å²) in [5.74, 6) is -0.852. The molecule has 2 aromatic carbocycles. The lowest BCUT2D eigenvalue weighted by Crippen LogP contribution is -2.47. The monoisotopic (exact) mass is 380 g/mol. The van der Waals surface area contributed by atoms with Gasteiger partial charge in [0.15, 0.2) is 0 Å². The normalized spacial score (nSPS) is 19.5. The summed E-state index contributed by atoms with van der Waals surface area (Å²) >= 11 is 0. The SMILES string of the molecule is Cc1ccc(S(=O)(=O)NC2C(=O)N(C)S(=O)(=O)c3ccccc32)cc1. The maximum absolute atomic E-state index is 12.6. The van der Waals surface area contributed by atoms with Crippen LogP contribution in [0.15, 0.2) is 58.3 Å². The van der Waals surface area contributed by atoms with Crippen molar-refractivity contribution in [2.24, 2.45) is 0 Å². The summed E-state index contributed by atoms with van der Waals surface area (Å²) in [6.45, 7) is 1.82. The minimum absolute atomic E-state index is 0.000496. The van der Waals surface area contributed by atoms with Crippen molar-refractivity contribution in [3.05, 3.63) is 59.7 Å². The molecule has 2 aromatic rings. The second kappa shape index (κ2) is 5.94. The van der Waals surface area contributed by atoms with E-state index in [4.69, 9.17) is 0 Å². The second-order valence-corrected chi connectivity index (χ2v) is 9.37. The first-order valence-corrected chi connectivity index (χ1v) is 10.3. The lowest BCUT2D eigenvalue weighted by Gasteiger charge is -2.31. The van der Waals surface area contributed by atoms with Gasteiger partial charge in [-0.15, -0.1) is 0 Å². The molecule has 7 nitrogen and oxygen atoms in total. The third kappa shape index (κ3) is 2.94. The van der Waals surface area contributed by atoms with Crippen molar-refractivity contribution in [2.75, 3.05) is 7.05 Å². The van der Waals surface area contributed by atoms with E-state index < -0.39 is 32.0 Å². The quantitative estimate of drug-likeness (QED) is 0.862. The van der Waals surface area contributed by atoms with Crippen molar-refractivity contribution in [3.63, 3.8) is 0 Å². The molecule has 1 heterocycles. The Balaban J connectivity index is 2.08. The fraction of sp³-hybridized carbons (Fsp3) is 0.188. The fourth-order valence-electron chi connectivity index (χ4n) is 2.59. The molecule has 9 heteroatoms. The summed E-state index contributed by atoms with van der Waals surface area (Å²) < 4.78 is 52.8. The molecular weight excluding hydrogens is 364 g/mol. The van der Waals surface area contributed by atoms with Gasteiger partial charge in [-0.1, -0.05) is 35.9 Å². The smallest absolute Gasteiger partial charge is 0.266 e. The summed E-state index contributed by atoms with van der Waals surface area (Å²) in [7, 11) is -6.87. The van der Waals surface area contributed by atoms with E-state index >= 15 is 0 Å². The predicted octanol–water partition coefficient (Wildman–Crippen LogP) is 1.18. The van der Waals surface area contributed by atoms with Gasteiger partial charge in [-0.25, -0.2) is 21.1 Å². The number of nitrogens with zero attached hydrogens (tertiary/aromatic N) is 1. The molecular formula is C16H16N2O5S2. The number of sulfonamides is 2.